The molecule has 0 fully saturated rings. The molecule has 0 unspecified atom stereocenters. The van der Waals surface area contributed by atoms with Crippen molar-refractivity contribution in [3.63, 3.8) is 0 Å². The molecule has 0 aromatic heterocycles. The monoisotopic (exact) mass is 404 g/mol. The molecule has 0 bridgehead atoms. The summed E-state index contributed by atoms with van der Waals surface area (Å²) >= 11 is 0. The van der Waals surface area contributed by atoms with Crippen molar-refractivity contribution in [2.75, 3.05) is 18.7 Å². The molecule has 0 aliphatic carbocycles. The Kier molecular flexibility index (Phi) is 5.80. The maximum atomic E-state index is 12.2. The summed E-state index contributed by atoms with van der Waals surface area (Å²) in [5.74, 6) is 1.49. The van der Waals surface area contributed by atoms with E-state index in [1.54, 1.807) is 36.4 Å². The average Bonchev–Trinajstić information content (AvgIpc) is 3.26. The van der Waals surface area contributed by atoms with Gasteiger partial charge in [0.15, 0.2) is 18.1 Å². The van der Waals surface area contributed by atoms with Crippen LogP contribution in [0.5, 0.6) is 17.2 Å². The Morgan fingerprint density at radius 2 is 1.67 bits per heavy atom. The first-order valence-electron chi connectivity index (χ1n) is 9.42. The fraction of sp³-hybridized carbons (Fsp3) is 0.130. The van der Waals surface area contributed by atoms with Crippen molar-refractivity contribution in [1.29, 1.82) is 0 Å². The van der Waals surface area contributed by atoms with Gasteiger partial charge in [-0.15, -0.1) is 0 Å². The van der Waals surface area contributed by atoms with E-state index in [4.69, 9.17) is 14.2 Å². The molecule has 0 radical (unpaired) electrons. The molecule has 0 atom stereocenters. The molecular formula is C23H20N2O5. The van der Waals surface area contributed by atoms with Crippen molar-refractivity contribution in [1.82, 2.24) is 5.32 Å². The van der Waals surface area contributed by atoms with Gasteiger partial charge in [0.25, 0.3) is 11.8 Å². The number of rotatable bonds is 7. The van der Waals surface area contributed by atoms with E-state index in [1.807, 2.05) is 36.4 Å². The van der Waals surface area contributed by atoms with E-state index in [0.29, 0.717) is 35.0 Å². The van der Waals surface area contributed by atoms with Gasteiger partial charge in [-0.2, -0.15) is 0 Å². The smallest absolute Gasteiger partial charge is 0.258 e. The van der Waals surface area contributed by atoms with E-state index in [2.05, 4.69) is 10.6 Å². The van der Waals surface area contributed by atoms with Crippen LogP contribution in [0.25, 0.3) is 0 Å². The number of hydrogen-bond donors (Lipinski definition) is 2. The van der Waals surface area contributed by atoms with Crippen LogP contribution < -0.4 is 24.8 Å². The van der Waals surface area contributed by atoms with Gasteiger partial charge >= 0.3 is 0 Å². The number of amides is 2. The summed E-state index contributed by atoms with van der Waals surface area (Å²) in [6, 6.07) is 21.3. The second kappa shape index (κ2) is 9.00. The first-order valence-corrected chi connectivity index (χ1v) is 9.42. The van der Waals surface area contributed by atoms with Gasteiger partial charge in [0.2, 0.25) is 6.79 Å². The minimum absolute atomic E-state index is 0.111. The molecule has 0 saturated carbocycles. The van der Waals surface area contributed by atoms with Crippen molar-refractivity contribution in [2.24, 2.45) is 0 Å². The maximum Gasteiger partial charge on any atom is 0.258 e. The number of carbonyl (C=O) groups excluding carboxylic acids is 2. The minimum atomic E-state index is -0.242. The van der Waals surface area contributed by atoms with Gasteiger partial charge in [0.1, 0.15) is 5.75 Å². The average molecular weight is 404 g/mol. The third-order valence-corrected chi connectivity index (χ3v) is 4.44. The second-order valence-corrected chi connectivity index (χ2v) is 6.60. The summed E-state index contributed by atoms with van der Waals surface area (Å²) in [6.45, 7) is 0.470. The summed E-state index contributed by atoms with van der Waals surface area (Å²) in [6.07, 6.45) is 0. The molecule has 3 aromatic rings. The standard InChI is InChI=1S/C23H20N2O5/c26-22(24-13-16-6-11-20-21(12-16)30-15-29-20)14-28-19-9-7-18(8-10-19)25-23(27)17-4-2-1-3-5-17/h1-12H,13-15H2,(H,24,26)(H,25,27). The Morgan fingerprint density at radius 3 is 2.47 bits per heavy atom. The van der Waals surface area contributed by atoms with Gasteiger partial charge in [-0.3, -0.25) is 9.59 Å². The van der Waals surface area contributed by atoms with E-state index in [-0.39, 0.29) is 25.2 Å². The zero-order valence-electron chi connectivity index (χ0n) is 16.1. The lowest BCUT2D eigenvalue weighted by molar-refractivity contribution is -0.123. The highest BCUT2D eigenvalue weighted by atomic mass is 16.7. The Hall–Kier alpha value is -4.00. The van der Waals surface area contributed by atoms with E-state index >= 15 is 0 Å². The van der Waals surface area contributed by atoms with Gasteiger partial charge in [-0.05, 0) is 54.1 Å². The zero-order valence-corrected chi connectivity index (χ0v) is 16.1. The van der Waals surface area contributed by atoms with E-state index in [1.165, 1.54) is 0 Å². The Balaban J connectivity index is 1.23. The first kappa shape index (κ1) is 19.3. The Bertz CT molecular complexity index is 1040. The highest BCUT2D eigenvalue weighted by Gasteiger charge is 2.13. The molecule has 3 aromatic carbocycles. The highest BCUT2D eigenvalue weighted by molar-refractivity contribution is 6.04. The summed E-state index contributed by atoms with van der Waals surface area (Å²) in [7, 11) is 0. The van der Waals surface area contributed by atoms with Crippen LogP contribution in [-0.4, -0.2) is 25.2 Å². The quantitative estimate of drug-likeness (QED) is 0.631. The van der Waals surface area contributed by atoms with E-state index < -0.39 is 0 Å². The third kappa shape index (κ3) is 4.88. The van der Waals surface area contributed by atoms with E-state index in [9.17, 15) is 9.59 Å². The lowest BCUT2D eigenvalue weighted by Crippen LogP contribution is -2.28. The van der Waals surface area contributed by atoms with Crippen LogP contribution in [0.2, 0.25) is 0 Å². The fourth-order valence-corrected chi connectivity index (χ4v) is 2.88. The van der Waals surface area contributed by atoms with Gasteiger partial charge in [-0.25, -0.2) is 0 Å². The number of hydrogen-bond acceptors (Lipinski definition) is 5. The van der Waals surface area contributed by atoms with Crippen molar-refractivity contribution >= 4 is 17.5 Å². The summed E-state index contributed by atoms with van der Waals surface area (Å²) in [4.78, 5) is 24.2. The second-order valence-electron chi connectivity index (χ2n) is 6.60. The third-order valence-electron chi connectivity index (χ3n) is 4.44. The molecule has 2 N–H and O–H groups in total. The van der Waals surface area contributed by atoms with Crippen LogP contribution in [0, 0.1) is 0 Å². The zero-order chi connectivity index (χ0) is 20.8. The SMILES string of the molecule is O=C(COc1ccc(NC(=O)c2ccccc2)cc1)NCc1ccc2c(c1)OCO2. The molecule has 7 nitrogen and oxygen atoms in total. The maximum absolute atomic E-state index is 12.2. The number of nitrogens with one attached hydrogen (secondary N) is 2. The Morgan fingerprint density at radius 1 is 0.900 bits per heavy atom. The number of anilines is 1. The predicted molar refractivity (Wildman–Crippen MR) is 111 cm³/mol. The molecule has 152 valence electrons. The van der Waals surface area contributed by atoms with Crippen LogP contribution in [0.1, 0.15) is 15.9 Å². The van der Waals surface area contributed by atoms with Crippen LogP contribution in [-0.2, 0) is 11.3 Å². The van der Waals surface area contributed by atoms with Crippen molar-refractivity contribution in [2.45, 2.75) is 6.54 Å². The summed E-state index contributed by atoms with van der Waals surface area (Å²) in [5, 5.41) is 5.61. The first-order chi connectivity index (χ1) is 14.7. The molecule has 1 aliphatic heterocycles. The van der Waals surface area contributed by atoms with Crippen LogP contribution in [0.3, 0.4) is 0 Å². The molecule has 2 amide bonds. The minimum Gasteiger partial charge on any atom is -0.484 e. The van der Waals surface area contributed by atoms with Gasteiger partial charge in [-0.1, -0.05) is 24.3 Å². The number of fused-ring (bicyclic) bond motifs is 1. The topological polar surface area (TPSA) is 85.9 Å². The van der Waals surface area contributed by atoms with Gasteiger partial charge < -0.3 is 24.8 Å². The van der Waals surface area contributed by atoms with Crippen molar-refractivity contribution in [3.8, 4) is 17.2 Å². The molecular weight excluding hydrogens is 384 g/mol. The molecule has 1 aliphatic rings. The van der Waals surface area contributed by atoms with E-state index in [0.717, 1.165) is 5.56 Å². The van der Waals surface area contributed by atoms with Crippen molar-refractivity contribution < 1.29 is 23.8 Å². The molecule has 0 spiro atoms. The lowest BCUT2D eigenvalue weighted by atomic mass is 10.2. The van der Waals surface area contributed by atoms with Crippen LogP contribution >= 0.6 is 0 Å². The van der Waals surface area contributed by atoms with Gasteiger partial charge in [0, 0.05) is 17.8 Å². The number of benzene rings is 3. The fourth-order valence-electron chi connectivity index (χ4n) is 2.88. The van der Waals surface area contributed by atoms with Crippen molar-refractivity contribution in [3.05, 3.63) is 83.9 Å². The van der Waals surface area contributed by atoms with Gasteiger partial charge in [0.05, 0.1) is 0 Å². The molecule has 0 saturated heterocycles. The highest BCUT2D eigenvalue weighted by Crippen LogP contribution is 2.32. The Labute approximate surface area is 173 Å². The predicted octanol–water partition coefficient (Wildman–Crippen LogP) is 3.36. The molecule has 7 heteroatoms. The van der Waals surface area contributed by atoms with Crippen LogP contribution in [0.4, 0.5) is 5.69 Å². The largest absolute Gasteiger partial charge is 0.484 e. The van der Waals surface area contributed by atoms with Crippen LogP contribution in [0.15, 0.2) is 72.8 Å². The lowest BCUT2D eigenvalue weighted by Gasteiger charge is -2.09. The molecule has 30 heavy (non-hydrogen) atoms. The molecule has 1 heterocycles. The normalized spacial score (nSPS) is 11.6. The number of carbonyl (C=O) groups is 2. The summed E-state index contributed by atoms with van der Waals surface area (Å²) < 4.78 is 16.1. The molecule has 4 rings (SSSR count). The summed E-state index contributed by atoms with van der Waals surface area (Å²) in [5.41, 5.74) is 2.13. The number of ether oxygens (including phenoxy) is 3.